The van der Waals surface area contributed by atoms with Crippen LogP contribution in [0.1, 0.15) is 15.9 Å². The van der Waals surface area contributed by atoms with Gasteiger partial charge in [0.2, 0.25) is 0 Å². The van der Waals surface area contributed by atoms with Crippen LogP contribution in [0.15, 0.2) is 71.6 Å². The number of benzene rings is 3. The zero-order valence-electron chi connectivity index (χ0n) is 19.5. The normalized spacial score (nSPS) is 13.3. The van der Waals surface area contributed by atoms with E-state index < -0.39 is 22.0 Å². The average molecular weight is 496 g/mol. The van der Waals surface area contributed by atoms with Gasteiger partial charge in [-0.05, 0) is 55.0 Å². The lowest BCUT2D eigenvalue weighted by Gasteiger charge is -2.22. The van der Waals surface area contributed by atoms with E-state index in [0.717, 1.165) is 4.31 Å². The summed E-state index contributed by atoms with van der Waals surface area (Å²) in [4.78, 5) is 26.4. The summed E-state index contributed by atoms with van der Waals surface area (Å²) < 4.78 is 38.1. The van der Waals surface area contributed by atoms with Crippen LogP contribution in [-0.4, -0.2) is 47.7 Å². The van der Waals surface area contributed by atoms with E-state index in [4.69, 9.17) is 9.47 Å². The van der Waals surface area contributed by atoms with Crippen LogP contribution < -0.4 is 19.3 Å². The Morgan fingerprint density at radius 2 is 1.86 bits per heavy atom. The summed E-state index contributed by atoms with van der Waals surface area (Å²) in [6.07, 6.45) is -0.443. The molecule has 0 unspecified atom stereocenters. The van der Waals surface area contributed by atoms with Crippen LogP contribution in [0.5, 0.6) is 5.75 Å². The number of ether oxygens (including phenoxy) is 2. The molecule has 0 saturated carbocycles. The predicted molar refractivity (Wildman–Crippen MR) is 133 cm³/mol. The minimum atomic E-state index is -3.98. The summed E-state index contributed by atoms with van der Waals surface area (Å²) in [7, 11) is -1.08. The van der Waals surface area contributed by atoms with Crippen LogP contribution in [0.4, 0.5) is 21.9 Å². The van der Waals surface area contributed by atoms with Gasteiger partial charge >= 0.3 is 6.09 Å². The maximum Gasteiger partial charge on any atom is 0.414 e. The van der Waals surface area contributed by atoms with E-state index in [1.165, 1.54) is 31.2 Å². The number of rotatable bonds is 7. The zero-order chi connectivity index (χ0) is 25.2. The Hall–Kier alpha value is -4.05. The van der Waals surface area contributed by atoms with Crippen molar-refractivity contribution in [2.45, 2.75) is 11.8 Å². The molecule has 1 heterocycles. The highest BCUT2D eigenvalue weighted by atomic mass is 32.2. The largest absolute Gasteiger partial charge is 0.495 e. The SMILES string of the molecule is COc1ccccc1N(C)S(=O)(=O)c1ccc(C)c(C(=O)Nc2cccc(N3CCOC3=O)c2)c1. The van der Waals surface area contributed by atoms with Gasteiger partial charge in [-0.25, -0.2) is 13.2 Å². The second kappa shape index (κ2) is 9.67. The topological polar surface area (TPSA) is 105 Å². The summed E-state index contributed by atoms with van der Waals surface area (Å²) in [5.41, 5.74) is 2.26. The summed E-state index contributed by atoms with van der Waals surface area (Å²) in [6, 6.07) is 18.0. The van der Waals surface area contributed by atoms with Gasteiger partial charge < -0.3 is 14.8 Å². The second-order valence-electron chi connectivity index (χ2n) is 7.89. The molecule has 0 aliphatic carbocycles. The number of nitrogens with one attached hydrogen (secondary N) is 1. The number of carbonyl (C=O) groups excluding carboxylic acids is 2. The molecule has 0 spiro atoms. The Bertz CT molecular complexity index is 1390. The fourth-order valence-electron chi connectivity index (χ4n) is 3.76. The Balaban J connectivity index is 1.61. The Kier molecular flexibility index (Phi) is 6.65. The van der Waals surface area contributed by atoms with Gasteiger partial charge in [-0.3, -0.25) is 14.0 Å². The molecular weight excluding hydrogens is 470 g/mol. The van der Waals surface area contributed by atoms with E-state index >= 15 is 0 Å². The van der Waals surface area contributed by atoms with Crippen LogP contribution >= 0.6 is 0 Å². The first-order valence-electron chi connectivity index (χ1n) is 10.8. The maximum atomic E-state index is 13.4. The molecule has 3 aromatic carbocycles. The Morgan fingerprint density at radius 1 is 1.09 bits per heavy atom. The molecule has 10 heteroatoms. The summed E-state index contributed by atoms with van der Waals surface area (Å²) in [6.45, 7) is 2.46. The van der Waals surface area contributed by atoms with E-state index in [1.54, 1.807) is 61.5 Å². The molecule has 3 aromatic rings. The molecule has 0 radical (unpaired) electrons. The van der Waals surface area contributed by atoms with Crippen molar-refractivity contribution < 1.29 is 27.5 Å². The molecule has 0 bridgehead atoms. The molecular formula is C25H25N3O6S. The lowest BCUT2D eigenvalue weighted by Crippen LogP contribution is -2.27. The van der Waals surface area contributed by atoms with E-state index in [-0.39, 0.29) is 10.5 Å². The quantitative estimate of drug-likeness (QED) is 0.531. The van der Waals surface area contributed by atoms with E-state index in [0.29, 0.717) is 41.5 Å². The Labute approximate surface area is 203 Å². The molecule has 4 rings (SSSR count). The minimum absolute atomic E-state index is 0.0322. The van der Waals surface area contributed by atoms with Gasteiger partial charge in [-0.1, -0.05) is 24.3 Å². The second-order valence-corrected chi connectivity index (χ2v) is 9.86. The van der Waals surface area contributed by atoms with E-state index in [2.05, 4.69) is 5.32 Å². The zero-order valence-corrected chi connectivity index (χ0v) is 20.3. The molecule has 1 saturated heterocycles. The lowest BCUT2D eigenvalue weighted by molar-refractivity contribution is 0.102. The highest BCUT2D eigenvalue weighted by Gasteiger charge is 2.26. The molecule has 2 amide bonds. The highest BCUT2D eigenvalue weighted by Crippen LogP contribution is 2.31. The maximum absolute atomic E-state index is 13.4. The van der Waals surface area contributed by atoms with Crippen molar-refractivity contribution in [2.75, 3.05) is 41.8 Å². The number of cyclic esters (lactones) is 1. The number of methoxy groups -OCH3 is 1. The summed E-state index contributed by atoms with van der Waals surface area (Å²) >= 11 is 0. The van der Waals surface area contributed by atoms with E-state index in [1.807, 2.05) is 0 Å². The van der Waals surface area contributed by atoms with Gasteiger partial charge in [0, 0.05) is 24.0 Å². The smallest absolute Gasteiger partial charge is 0.414 e. The molecule has 1 fully saturated rings. The fourth-order valence-corrected chi connectivity index (χ4v) is 4.99. The van der Waals surface area contributed by atoms with Crippen molar-refractivity contribution in [3.8, 4) is 5.75 Å². The number of amides is 2. The number of anilines is 3. The molecule has 1 aliphatic heterocycles. The van der Waals surface area contributed by atoms with Crippen LogP contribution in [-0.2, 0) is 14.8 Å². The number of sulfonamides is 1. The number of hydrogen-bond donors (Lipinski definition) is 1. The van der Waals surface area contributed by atoms with E-state index in [9.17, 15) is 18.0 Å². The van der Waals surface area contributed by atoms with Crippen molar-refractivity contribution in [1.29, 1.82) is 0 Å². The predicted octanol–water partition coefficient (Wildman–Crippen LogP) is 4.04. The summed E-state index contributed by atoms with van der Waals surface area (Å²) in [5, 5.41) is 2.79. The fraction of sp³-hybridized carbons (Fsp3) is 0.200. The number of para-hydroxylation sites is 2. The first-order chi connectivity index (χ1) is 16.7. The van der Waals surface area contributed by atoms with Crippen LogP contribution in [0, 0.1) is 6.92 Å². The number of carbonyl (C=O) groups is 2. The number of hydrogen-bond acceptors (Lipinski definition) is 6. The Morgan fingerprint density at radius 3 is 2.57 bits per heavy atom. The van der Waals surface area contributed by atoms with Gasteiger partial charge in [-0.15, -0.1) is 0 Å². The third kappa shape index (κ3) is 4.78. The van der Waals surface area contributed by atoms with Crippen molar-refractivity contribution >= 4 is 39.1 Å². The van der Waals surface area contributed by atoms with Crippen molar-refractivity contribution in [3.63, 3.8) is 0 Å². The van der Waals surface area contributed by atoms with Gasteiger partial charge in [0.15, 0.2) is 0 Å². The van der Waals surface area contributed by atoms with Crippen LogP contribution in [0.3, 0.4) is 0 Å². The molecule has 1 N–H and O–H groups in total. The minimum Gasteiger partial charge on any atom is -0.495 e. The highest BCUT2D eigenvalue weighted by molar-refractivity contribution is 7.92. The third-order valence-electron chi connectivity index (χ3n) is 5.71. The molecule has 0 aromatic heterocycles. The van der Waals surface area contributed by atoms with Crippen LogP contribution in [0.2, 0.25) is 0 Å². The van der Waals surface area contributed by atoms with Gasteiger partial charge in [0.05, 0.1) is 24.2 Å². The first kappa shape index (κ1) is 24.1. The van der Waals surface area contributed by atoms with Gasteiger partial charge in [0.25, 0.3) is 15.9 Å². The van der Waals surface area contributed by atoms with Crippen LogP contribution in [0.25, 0.3) is 0 Å². The molecule has 9 nitrogen and oxygen atoms in total. The van der Waals surface area contributed by atoms with Crippen molar-refractivity contribution in [3.05, 3.63) is 77.9 Å². The van der Waals surface area contributed by atoms with Gasteiger partial charge in [0.1, 0.15) is 12.4 Å². The number of aryl methyl sites for hydroxylation is 1. The first-order valence-corrected chi connectivity index (χ1v) is 12.2. The van der Waals surface area contributed by atoms with Crippen molar-refractivity contribution in [2.24, 2.45) is 0 Å². The average Bonchev–Trinajstić information content (AvgIpc) is 3.29. The van der Waals surface area contributed by atoms with Crippen molar-refractivity contribution in [1.82, 2.24) is 0 Å². The molecule has 182 valence electrons. The summed E-state index contributed by atoms with van der Waals surface area (Å²) in [5.74, 6) is -0.0638. The standard InChI is InChI=1S/C25H25N3O6S/c1-17-11-12-20(35(31,32)27(2)22-9-4-5-10-23(22)33-3)16-21(17)24(29)26-18-7-6-8-19(15-18)28-13-14-34-25(28)30/h4-12,15-16H,13-14H2,1-3H3,(H,26,29). The number of nitrogens with zero attached hydrogens (tertiary/aromatic N) is 2. The third-order valence-corrected chi connectivity index (χ3v) is 7.48. The monoisotopic (exact) mass is 495 g/mol. The lowest BCUT2D eigenvalue weighted by atomic mass is 10.1. The molecule has 35 heavy (non-hydrogen) atoms. The van der Waals surface area contributed by atoms with Gasteiger partial charge in [-0.2, -0.15) is 0 Å². The molecule has 1 aliphatic rings. The molecule has 0 atom stereocenters.